The van der Waals surface area contributed by atoms with Crippen molar-refractivity contribution in [2.45, 2.75) is 19.4 Å². The predicted octanol–water partition coefficient (Wildman–Crippen LogP) is 2.20. The monoisotopic (exact) mass is 231 g/mol. The third-order valence-corrected chi connectivity index (χ3v) is 2.16. The van der Waals surface area contributed by atoms with E-state index in [1.165, 1.54) is 6.07 Å². The van der Waals surface area contributed by atoms with Gasteiger partial charge in [0.15, 0.2) is 0 Å². The van der Waals surface area contributed by atoms with Crippen LogP contribution in [0.2, 0.25) is 5.02 Å². The van der Waals surface area contributed by atoms with E-state index in [-0.39, 0.29) is 29.2 Å². The summed E-state index contributed by atoms with van der Waals surface area (Å²) in [6.07, 6.45) is -2.94. The van der Waals surface area contributed by atoms with E-state index in [1.54, 1.807) is 6.07 Å². The fraction of sp³-hybridized carbons (Fsp3) is 0.333. The number of hydrogen-bond acceptors (Lipinski definition) is 3. The van der Waals surface area contributed by atoms with Crippen LogP contribution in [-0.2, 0) is 13.0 Å². The number of nitrogens with zero attached hydrogens (tertiary/aromatic N) is 2. The van der Waals surface area contributed by atoms with E-state index in [0.717, 1.165) is 0 Å². The molecule has 0 aliphatic rings. The summed E-state index contributed by atoms with van der Waals surface area (Å²) in [5.74, 6) is 0. The molecule has 0 aromatic carbocycles. The van der Waals surface area contributed by atoms with Gasteiger partial charge in [0.25, 0.3) is 6.43 Å². The Balaban J connectivity index is 3.30. The van der Waals surface area contributed by atoms with Crippen molar-refractivity contribution in [3.05, 3.63) is 28.0 Å². The molecule has 80 valence electrons. The SMILES string of the molecule is N#CCc1c(Cl)cc(CN)nc1C(F)F. The van der Waals surface area contributed by atoms with Gasteiger partial charge >= 0.3 is 0 Å². The fourth-order valence-electron chi connectivity index (χ4n) is 1.15. The van der Waals surface area contributed by atoms with Gasteiger partial charge in [0.1, 0.15) is 5.69 Å². The number of halogens is 3. The molecule has 3 nitrogen and oxygen atoms in total. The molecule has 0 unspecified atom stereocenters. The first-order valence-corrected chi connectivity index (χ1v) is 4.51. The predicted molar refractivity (Wildman–Crippen MR) is 51.4 cm³/mol. The number of hydrogen-bond donors (Lipinski definition) is 1. The molecule has 6 heteroatoms. The van der Waals surface area contributed by atoms with E-state index >= 15 is 0 Å². The quantitative estimate of drug-likeness (QED) is 0.867. The van der Waals surface area contributed by atoms with Crippen LogP contribution in [0.4, 0.5) is 8.78 Å². The van der Waals surface area contributed by atoms with Crippen LogP contribution in [0.25, 0.3) is 0 Å². The summed E-state index contributed by atoms with van der Waals surface area (Å²) in [7, 11) is 0. The molecule has 0 amide bonds. The normalized spacial score (nSPS) is 10.4. The number of aromatic nitrogens is 1. The lowest BCUT2D eigenvalue weighted by molar-refractivity contribution is 0.144. The van der Waals surface area contributed by atoms with Crippen LogP contribution in [0.1, 0.15) is 23.4 Å². The standard InChI is InChI=1S/C9H8ClF2N3/c10-7-3-5(4-14)15-8(9(11)12)6(7)1-2-13/h3,9H,1,4,14H2. The lowest BCUT2D eigenvalue weighted by Crippen LogP contribution is -2.06. The van der Waals surface area contributed by atoms with Crippen molar-refractivity contribution in [2.24, 2.45) is 5.73 Å². The highest BCUT2D eigenvalue weighted by molar-refractivity contribution is 6.31. The summed E-state index contributed by atoms with van der Waals surface area (Å²) >= 11 is 5.76. The van der Waals surface area contributed by atoms with E-state index < -0.39 is 12.1 Å². The second kappa shape index (κ2) is 5.01. The summed E-state index contributed by atoms with van der Waals surface area (Å²) < 4.78 is 25.2. The van der Waals surface area contributed by atoms with Gasteiger partial charge < -0.3 is 5.73 Å². The van der Waals surface area contributed by atoms with Gasteiger partial charge in [-0.2, -0.15) is 5.26 Å². The van der Waals surface area contributed by atoms with Crippen molar-refractivity contribution >= 4 is 11.6 Å². The van der Waals surface area contributed by atoms with Gasteiger partial charge in [0, 0.05) is 17.1 Å². The third-order valence-electron chi connectivity index (χ3n) is 1.83. The van der Waals surface area contributed by atoms with Crippen molar-refractivity contribution in [1.29, 1.82) is 5.26 Å². The van der Waals surface area contributed by atoms with Crippen molar-refractivity contribution < 1.29 is 8.78 Å². The fourth-order valence-corrected chi connectivity index (χ4v) is 1.44. The molecule has 0 aliphatic heterocycles. The molecular weight excluding hydrogens is 224 g/mol. The Kier molecular flexibility index (Phi) is 3.95. The zero-order valence-electron chi connectivity index (χ0n) is 7.67. The maximum Gasteiger partial charge on any atom is 0.280 e. The maximum atomic E-state index is 12.6. The second-order valence-electron chi connectivity index (χ2n) is 2.80. The van der Waals surface area contributed by atoms with Gasteiger partial charge in [-0.25, -0.2) is 8.78 Å². The molecule has 1 heterocycles. The molecule has 2 N–H and O–H groups in total. The van der Waals surface area contributed by atoms with Crippen molar-refractivity contribution in [1.82, 2.24) is 4.98 Å². The van der Waals surface area contributed by atoms with Crippen LogP contribution in [-0.4, -0.2) is 4.98 Å². The molecule has 0 aliphatic carbocycles. The van der Waals surface area contributed by atoms with Crippen molar-refractivity contribution in [3.8, 4) is 6.07 Å². The van der Waals surface area contributed by atoms with Gasteiger partial charge in [-0.15, -0.1) is 0 Å². The maximum absolute atomic E-state index is 12.6. The van der Waals surface area contributed by atoms with E-state index in [9.17, 15) is 8.78 Å². The molecule has 1 rings (SSSR count). The molecule has 0 spiro atoms. The van der Waals surface area contributed by atoms with Gasteiger partial charge in [0.2, 0.25) is 0 Å². The minimum absolute atomic E-state index is 0.0340. The largest absolute Gasteiger partial charge is 0.325 e. The topological polar surface area (TPSA) is 62.7 Å². The van der Waals surface area contributed by atoms with Crippen LogP contribution < -0.4 is 5.73 Å². The lowest BCUT2D eigenvalue weighted by Gasteiger charge is -2.09. The highest BCUT2D eigenvalue weighted by Crippen LogP contribution is 2.27. The Morgan fingerprint density at radius 2 is 2.27 bits per heavy atom. The number of rotatable bonds is 3. The van der Waals surface area contributed by atoms with Crippen LogP contribution in [0.3, 0.4) is 0 Å². The zero-order chi connectivity index (χ0) is 11.4. The average Bonchev–Trinajstić information content (AvgIpc) is 2.20. The van der Waals surface area contributed by atoms with Gasteiger partial charge in [0.05, 0.1) is 18.2 Å². The molecule has 0 atom stereocenters. The molecule has 0 saturated heterocycles. The van der Waals surface area contributed by atoms with E-state index in [1.807, 2.05) is 0 Å². The van der Waals surface area contributed by atoms with Crippen LogP contribution in [0, 0.1) is 11.3 Å². The summed E-state index contributed by atoms with van der Waals surface area (Å²) in [6, 6.07) is 3.17. The Morgan fingerprint density at radius 1 is 1.60 bits per heavy atom. The summed E-state index contributed by atoms with van der Waals surface area (Å²) in [4.78, 5) is 3.66. The Bertz CT molecular complexity index is 401. The van der Waals surface area contributed by atoms with Gasteiger partial charge in [-0.1, -0.05) is 11.6 Å². The number of alkyl halides is 2. The summed E-state index contributed by atoms with van der Waals surface area (Å²) in [5.41, 5.74) is 5.19. The van der Waals surface area contributed by atoms with Gasteiger partial charge in [-0.05, 0) is 6.07 Å². The number of nitriles is 1. The second-order valence-corrected chi connectivity index (χ2v) is 3.21. The molecular formula is C9H8ClF2N3. The smallest absolute Gasteiger partial charge is 0.280 e. The number of nitrogens with two attached hydrogens (primary N) is 1. The Hall–Kier alpha value is -1.25. The Labute approximate surface area is 90.5 Å². The van der Waals surface area contributed by atoms with E-state index in [4.69, 9.17) is 22.6 Å². The first-order valence-electron chi connectivity index (χ1n) is 4.13. The molecule has 0 radical (unpaired) electrons. The third kappa shape index (κ3) is 2.61. The highest BCUT2D eigenvalue weighted by atomic mass is 35.5. The molecule has 1 aromatic heterocycles. The van der Waals surface area contributed by atoms with E-state index in [0.29, 0.717) is 0 Å². The molecule has 0 fully saturated rings. The highest BCUT2D eigenvalue weighted by Gasteiger charge is 2.18. The van der Waals surface area contributed by atoms with E-state index in [2.05, 4.69) is 4.98 Å². The Morgan fingerprint density at radius 3 is 2.73 bits per heavy atom. The number of pyridine rings is 1. The van der Waals surface area contributed by atoms with Crippen molar-refractivity contribution in [3.63, 3.8) is 0 Å². The van der Waals surface area contributed by atoms with Crippen molar-refractivity contribution in [2.75, 3.05) is 0 Å². The molecule has 1 aromatic rings. The summed E-state index contributed by atoms with van der Waals surface area (Å²) in [6.45, 7) is 0.0340. The molecule has 0 bridgehead atoms. The van der Waals surface area contributed by atoms with Crippen LogP contribution in [0.5, 0.6) is 0 Å². The van der Waals surface area contributed by atoms with Gasteiger partial charge in [-0.3, -0.25) is 4.98 Å². The summed E-state index contributed by atoms with van der Waals surface area (Å²) in [5, 5.41) is 8.58. The average molecular weight is 232 g/mol. The first kappa shape index (κ1) is 11.8. The lowest BCUT2D eigenvalue weighted by atomic mass is 10.1. The zero-order valence-corrected chi connectivity index (χ0v) is 8.43. The van der Waals surface area contributed by atoms with Crippen LogP contribution in [0.15, 0.2) is 6.07 Å². The minimum Gasteiger partial charge on any atom is -0.325 e. The minimum atomic E-state index is -2.75. The first-order chi connectivity index (χ1) is 7.10. The van der Waals surface area contributed by atoms with Crippen LogP contribution >= 0.6 is 11.6 Å². The molecule has 15 heavy (non-hydrogen) atoms. The molecule has 0 saturated carbocycles.